The summed E-state index contributed by atoms with van der Waals surface area (Å²) in [6.07, 6.45) is 0.837. The van der Waals surface area contributed by atoms with Crippen LogP contribution in [0.5, 0.6) is 0 Å². The Bertz CT molecular complexity index is 702. The first kappa shape index (κ1) is 17.5. The van der Waals surface area contributed by atoms with Crippen molar-refractivity contribution in [2.45, 2.75) is 13.3 Å². The second-order valence-electron chi connectivity index (χ2n) is 5.21. The molecule has 0 spiro atoms. The number of amides is 2. The lowest BCUT2D eigenvalue weighted by atomic mass is 10.1. The Labute approximate surface area is 140 Å². The molecule has 0 bridgehead atoms. The predicted molar refractivity (Wildman–Crippen MR) is 91.8 cm³/mol. The van der Waals surface area contributed by atoms with Gasteiger partial charge < -0.3 is 16.0 Å². The molecule has 0 saturated carbocycles. The number of carbonyl (C=O) groups excluding carboxylic acids is 2. The van der Waals surface area contributed by atoms with Crippen molar-refractivity contribution in [1.29, 1.82) is 0 Å². The van der Waals surface area contributed by atoms with E-state index in [1.807, 2.05) is 6.92 Å². The first-order chi connectivity index (χ1) is 11.6. The molecule has 0 fully saturated rings. The molecule has 0 radical (unpaired) electrons. The van der Waals surface area contributed by atoms with Crippen molar-refractivity contribution in [2.24, 2.45) is 0 Å². The van der Waals surface area contributed by atoms with Gasteiger partial charge in [0.15, 0.2) is 0 Å². The molecule has 6 heteroatoms. The van der Waals surface area contributed by atoms with E-state index in [-0.39, 0.29) is 24.2 Å². The summed E-state index contributed by atoms with van der Waals surface area (Å²) in [6.45, 7) is 2.46. The zero-order valence-electron chi connectivity index (χ0n) is 13.4. The minimum absolute atomic E-state index is 0.0796. The molecule has 0 atom stereocenters. The van der Waals surface area contributed by atoms with Crippen LogP contribution in [-0.2, 0) is 4.79 Å². The first-order valence-electron chi connectivity index (χ1n) is 7.76. The van der Waals surface area contributed by atoms with Gasteiger partial charge in [-0.2, -0.15) is 0 Å². The SMILES string of the molecule is CCCNC(=O)CNC(=O)c1ccccc1Nc1ccc(F)cc1. The number of halogens is 1. The number of para-hydroxylation sites is 1. The van der Waals surface area contributed by atoms with E-state index in [1.165, 1.54) is 12.1 Å². The van der Waals surface area contributed by atoms with Crippen LogP contribution in [0.25, 0.3) is 0 Å². The van der Waals surface area contributed by atoms with Crippen molar-refractivity contribution in [3.05, 3.63) is 59.9 Å². The fraction of sp³-hybridized carbons (Fsp3) is 0.222. The average molecular weight is 329 g/mol. The van der Waals surface area contributed by atoms with Gasteiger partial charge in [0.2, 0.25) is 5.91 Å². The van der Waals surface area contributed by atoms with Gasteiger partial charge in [-0.3, -0.25) is 9.59 Å². The van der Waals surface area contributed by atoms with Crippen molar-refractivity contribution >= 4 is 23.2 Å². The van der Waals surface area contributed by atoms with Gasteiger partial charge in [-0.1, -0.05) is 19.1 Å². The van der Waals surface area contributed by atoms with Crippen LogP contribution in [0.1, 0.15) is 23.7 Å². The van der Waals surface area contributed by atoms with Gasteiger partial charge in [-0.15, -0.1) is 0 Å². The summed E-state index contributed by atoms with van der Waals surface area (Å²) in [4.78, 5) is 23.9. The Hall–Kier alpha value is -2.89. The maximum absolute atomic E-state index is 13.0. The average Bonchev–Trinajstić information content (AvgIpc) is 2.60. The second kappa shape index (κ2) is 8.67. The predicted octanol–water partition coefficient (Wildman–Crippen LogP) is 2.83. The van der Waals surface area contributed by atoms with Gasteiger partial charge >= 0.3 is 0 Å². The number of rotatable bonds is 7. The summed E-state index contributed by atoms with van der Waals surface area (Å²) in [5, 5.41) is 8.36. The van der Waals surface area contributed by atoms with E-state index >= 15 is 0 Å². The normalized spacial score (nSPS) is 10.1. The van der Waals surface area contributed by atoms with E-state index in [2.05, 4.69) is 16.0 Å². The number of hydrogen-bond donors (Lipinski definition) is 3. The lowest BCUT2D eigenvalue weighted by molar-refractivity contribution is -0.120. The molecule has 2 aromatic rings. The van der Waals surface area contributed by atoms with Crippen LogP contribution in [0.4, 0.5) is 15.8 Å². The lowest BCUT2D eigenvalue weighted by Gasteiger charge is -2.12. The van der Waals surface area contributed by atoms with Crippen LogP contribution >= 0.6 is 0 Å². The summed E-state index contributed by atoms with van der Waals surface area (Å²) >= 11 is 0. The lowest BCUT2D eigenvalue weighted by Crippen LogP contribution is -2.37. The van der Waals surface area contributed by atoms with E-state index in [0.29, 0.717) is 23.5 Å². The van der Waals surface area contributed by atoms with Gasteiger partial charge in [-0.25, -0.2) is 4.39 Å². The topological polar surface area (TPSA) is 70.2 Å². The molecule has 126 valence electrons. The van der Waals surface area contributed by atoms with Crippen LogP contribution in [-0.4, -0.2) is 24.9 Å². The highest BCUT2D eigenvalue weighted by molar-refractivity contribution is 6.01. The van der Waals surface area contributed by atoms with E-state index in [9.17, 15) is 14.0 Å². The van der Waals surface area contributed by atoms with Crippen molar-refractivity contribution in [2.75, 3.05) is 18.4 Å². The van der Waals surface area contributed by atoms with Crippen molar-refractivity contribution in [1.82, 2.24) is 10.6 Å². The zero-order valence-corrected chi connectivity index (χ0v) is 13.4. The molecule has 2 rings (SSSR count). The third kappa shape index (κ3) is 5.08. The van der Waals surface area contributed by atoms with Crippen molar-refractivity contribution < 1.29 is 14.0 Å². The summed E-state index contributed by atoms with van der Waals surface area (Å²) < 4.78 is 13.0. The highest BCUT2D eigenvalue weighted by atomic mass is 19.1. The van der Waals surface area contributed by atoms with Gasteiger partial charge in [0.25, 0.3) is 5.91 Å². The Balaban J connectivity index is 2.03. The molecule has 0 aromatic heterocycles. The fourth-order valence-electron chi connectivity index (χ4n) is 2.06. The minimum atomic E-state index is -0.355. The molecule has 0 aliphatic carbocycles. The van der Waals surface area contributed by atoms with E-state index in [0.717, 1.165) is 6.42 Å². The number of anilines is 2. The molecule has 2 aromatic carbocycles. The molecule has 0 aliphatic rings. The monoisotopic (exact) mass is 329 g/mol. The highest BCUT2D eigenvalue weighted by Crippen LogP contribution is 2.21. The van der Waals surface area contributed by atoms with Crippen molar-refractivity contribution in [3.63, 3.8) is 0 Å². The first-order valence-corrected chi connectivity index (χ1v) is 7.76. The summed E-state index contributed by atoms with van der Waals surface area (Å²) in [5.74, 6) is -0.911. The zero-order chi connectivity index (χ0) is 17.4. The van der Waals surface area contributed by atoms with Gasteiger partial charge in [0.05, 0.1) is 17.8 Å². The fourth-order valence-corrected chi connectivity index (χ4v) is 2.06. The third-order valence-electron chi connectivity index (χ3n) is 3.28. The highest BCUT2D eigenvalue weighted by Gasteiger charge is 2.12. The molecule has 5 nitrogen and oxygen atoms in total. The number of carbonyl (C=O) groups is 2. The second-order valence-corrected chi connectivity index (χ2v) is 5.21. The molecule has 24 heavy (non-hydrogen) atoms. The number of nitrogens with one attached hydrogen (secondary N) is 3. The van der Waals surface area contributed by atoms with Crippen LogP contribution in [0, 0.1) is 5.82 Å². The Morgan fingerprint density at radius 3 is 2.42 bits per heavy atom. The summed E-state index contributed by atoms with van der Waals surface area (Å²) in [6, 6.07) is 12.8. The van der Waals surface area contributed by atoms with Gasteiger partial charge in [0, 0.05) is 12.2 Å². The molecule has 0 unspecified atom stereocenters. The minimum Gasteiger partial charge on any atom is -0.355 e. The molecule has 0 heterocycles. The van der Waals surface area contributed by atoms with Crippen LogP contribution < -0.4 is 16.0 Å². The van der Waals surface area contributed by atoms with Crippen LogP contribution in [0.2, 0.25) is 0 Å². The summed E-state index contributed by atoms with van der Waals surface area (Å²) in [5.41, 5.74) is 1.65. The van der Waals surface area contributed by atoms with Gasteiger partial charge in [0.1, 0.15) is 5.82 Å². The molecular weight excluding hydrogens is 309 g/mol. The van der Waals surface area contributed by atoms with Crippen LogP contribution in [0.15, 0.2) is 48.5 Å². The number of benzene rings is 2. The standard InChI is InChI=1S/C18H20FN3O2/c1-2-11-20-17(23)12-21-18(24)15-5-3-4-6-16(15)22-14-9-7-13(19)8-10-14/h3-10,22H,2,11-12H2,1H3,(H,20,23)(H,21,24). The molecule has 3 N–H and O–H groups in total. The third-order valence-corrected chi connectivity index (χ3v) is 3.28. The molecular formula is C18H20FN3O2. The van der Waals surface area contributed by atoms with Crippen LogP contribution in [0.3, 0.4) is 0 Å². The Morgan fingerprint density at radius 1 is 1.00 bits per heavy atom. The molecule has 0 aliphatic heterocycles. The molecule has 2 amide bonds. The smallest absolute Gasteiger partial charge is 0.253 e. The van der Waals surface area contributed by atoms with Crippen molar-refractivity contribution in [3.8, 4) is 0 Å². The Morgan fingerprint density at radius 2 is 1.71 bits per heavy atom. The van der Waals surface area contributed by atoms with E-state index in [1.54, 1.807) is 36.4 Å². The largest absolute Gasteiger partial charge is 0.355 e. The molecule has 0 saturated heterocycles. The maximum atomic E-state index is 13.0. The number of hydrogen-bond acceptors (Lipinski definition) is 3. The van der Waals surface area contributed by atoms with E-state index < -0.39 is 0 Å². The maximum Gasteiger partial charge on any atom is 0.253 e. The van der Waals surface area contributed by atoms with E-state index in [4.69, 9.17) is 0 Å². The Kier molecular flexibility index (Phi) is 6.31. The summed E-state index contributed by atoms with van der Waals surface area (Å²) in [7, 11) is 0. The van der Waals surface area contributed by atoms with Gasteiger partial charge in [-0.05, 0) is 42.8 Å². The quantitative estimate of drug-likeness (QED) is 0.731.